The van der Waals surface area contributed by atoms with Crippen molar-refractivity contribution in [3.8, 4) is 0 Å². The zero-order valence-corrected chi connectivity index (χ0v) is 11.7. The van der Waals surface area contributed by atoms with E-state index in [2.05, 4.69) is 18.6 Å². The number of rotatable bonds is 6. The van der Waals surface area contributed by atoms with E-state index in [1.54, 1.807) is 12.1 Å². The summed E-state index contributed by atoms with van der Waals surface area (Å²) in [5.74, 6) is 0.593. The van der Waals surface area contributed by atoms with Crippen LogP contribution in [0.15, 0.2) is 29.2 Å². The number of benzene rings is 1. The van der Waals surface area contributed by atoms with E-state index >= 15 is 0 Å². The Balaban J connectivity index is 2.54. The molecule has 0 atom stereocenters. The van der Waals surface area contributed by atoms with Gasteiger partial charge in [0.05, 0.1) is 4.90 Å². The summed E-state index contributed by atoms with van der Waals surface area (Å²) in [6.07, 6.45) is 1.87. The summed E-state index contributed by atoms with van der Waals surface area (Å²) < 4.78 is 26.2. The molecule has 0 aromatic heterocycles. The first kappa shape index (κ1) is 14.5. The predicted octanol–water partition coefficient (Wildman–Crippen LogP) is 3.05. The predicted molar refractivity (Wildman–Crippen MR) is 70.7 cm³/mol. The van der Waals surface area contributed by atoms with Gasteiger partial charge in [-0.25, -0.2) is 13.1 Å². The normalized spacial score (nSPS) is 12.0. The van der Waals surface area contributed by atoms with Gasteiger partial charge >= 0.3 is 0 Å². The Kier molecular flexibility index (Phi) is 5.43. The van der Waals surface area contributed by atoms with Gasteiger partial charge in [-0.3, -0.25) is 0 Å². The maximum absolute atomic E-state index is 11.8. The number of hydrogen-bond acceptors (Lipinski definition) is 2. The van der Waals surface area contributed by atoms with E-state index in [9.17, 15) is 8.42 Å². The summed E-state index contributed by atoms with van der Waals surface area (Å²) in [7, 11) is -3.38. The zero-order valence-electron chi connectivity index (χ0n) is 10.1. The Morgan fingerprint density at radius 3 is 2.35 bits per heavy atom. The van der Waals surface area contributed by atoms with Crippen LogP contribution in [0.4, 0.5) is 0 Å². The number of nitrogens with one attached hydrogen (secondary N) is 1. The van der Waals surface area contributed by atoms with Crippen LogP contribution in [0.5, 0.6) is 0 Å². The van der Waals surface area contributed by atoms with Gasteiger partial charge < -0.3 is 0 Å². The quantitative estimate of drug-likeness (QED) is 0.811. The second-order valence-electron chi connectivity index (χ2n) is 4.39. The molecule has 0 spiro atoms. The van der Waals surface area contributed by atoms with Gasteiger partial charge in [0.15, 0.2) is 0 Å². The molecule has 0 radical (unpaired) electrons. The molecule has 17 heavy (non-hydrogen) atoms. The molecular formula is C12H18ClNO2S. The van der Waals surface area contributed by atoms with Crippen molar-refractivity contribution in [2.75, 3.05) is 6.54 Å². The van der Waals surface area contributed by atoms with E-state index in [0.717, 1.165) is 12.8 Å². The van der Waals surface area contributed by atoms with E-state index in [1.807, 2.05) is 0 Å². The first-order valence-corrected chi connectivity index (χ1v) is 7.53. The lowest BCUT2D eigenvalue weighted by Gasteiger charge is -2.07. The number of hydrogen-bond donors (Lipinski definition) is 1. The third-order valence-electron chi connectivity index (χ3n) is 2.37. The van der Waals surface area contributed by atoms with Crippen LogP contribution in [0.3, 0.4) is 0 Å². The topological polar surface area (TPSA) is 46.2 Å². The lowest BCUT2D eigenvalue weighted by atomic mass is 10.1. The molecule has 0 aliphatic heterocycles. The Hall–Kier alpha value is -0.580. The smallest absolute Gasteiger partial charge is 0.211 e. The van der Waals surface area contributed by atoms with Crippen molar-refractivity contribution in [2.45, 2.75) is 31.6 Å². The zero-order chi connectivity index (χ0) is 12.9. The molecule has 3 nitrogen and oxygen atoms in total. The lowest BCUT2D eigenvalue weighted by Crippen LogP contribution is -2.24. The van der Waals surface area contributed by atoms with Crippen LogP contribution in [0.1, 0.15) is 26.7 Å². The molecule has 1 rings (SSSR count). The first-order chi connectivity index (χ1) is 7.92. The van der Waals surface area contributed by atoms with Crippen molar-refractivity contribution in [1.29, 1.82) is 0 Å². The van der Waals surface area contributed by atoms with Crippen LogP contribution < -0.4 is 4.72 Å². The molecule has 1 N–H and O–H groups in total. The standard InChI is InChI=1S/C12H18ClNO2S/c1-10(2)4-3-9-14-17(15,16)12-7-5-11(13)6-8-12/h5-8,10,14H,3-4,9H2,1-2H3. The fourth-order valence-corrected chi connectivity index (χ4v) is 2.61. The Morgan fingerprint density at radius 1 is 1.24 bits per heavy atom. The molecule has 0 aliphatic carbocycles. The number of halogens is 1. The average Bonchev–Trinajstić information content (AvgIpc) is 2.25. The van der Waals surface area contributed by atoms with E-state index < -0.39 is 10.0 Å². The molecule has 0 amide bonds. The third kappa shape index (κ3) is 5.06. The summed E-state index contributed by atoms with van der Waals surface area (Å²) in [4.78, 5) is 0.256. The largest absolute Gasteiger partial charge is 0.240 e. The highest BCUT2D eigenvalue weighted by molar-refractivity contribution is 7.89. The molecule has 0 saturated heterocycles. The molecule has 0 unspecified atom stereocenters. The summed E-state index contributed by atoms with van der Waals surface area (Å²) >= 11 is 5.71. The van der Waals surface area contributed by atoms with Gasteiger partial charge in [0, 0.05) is 11.6 Å². The monoisotopic (exact) mass is 275 g/mol. The Morgan fingerprint density at radius 2 is 1.82 bits per heavy atom. The molecule has 96 valence electrons. The Labute approximate surface area is 108 Å². The van der Waals surface area contributed by atoms with Crippen LogP contribution in [0.2, 0.25) is 5.02 Å². The molecule has 0 saturated carbocycles. The van der Waals surface area contributed by atoms with Crippen LogP contribution in [-0.2, 0) is 10.0 Å². The molecule has 0 fully saturated rings. The molecule has 0 bridgehead atoms. The SMILES string of the molecule is CC(C)CCCNS(=O)(=O)c1ccc(Cl)cc1. The van der Waals surface area contributed by atoms with Crippen molar-refractivity contribution in [3.63, 3.8) is 0 Å². The van der Waals surface area contributed by atoms with E-state index in [1.165, 1.54) is 12.1 Å². The van der Waals surface area contributed by atoms with Crippen molar-refractivity contribution < 1.29 is 8.42 Å². The fraction of sp³-hybridized carbons (Fsp3) is 0.500. The Bertz CT molecular complexity index is 440. The first-order valence-electron chi connectivity index (χ1n) is 5.67. The highest BCUT2D eigenvalue weighted by atomic mass is 35.5. The van der Waals surface area contributed by atoms with Gasteiger partial charge in [-0.1, -0.05) is 25.4 Å². The maximum atomic E-state index is 11.8. The van der Waals surface area contributed by atoms with Crippen molar-refractivity contribution in [2.24, 2.45) is 5.92 Å². The van der Waals surface area contributed by atoms with Gasteiger partial charge in [-0.2, -0.15) is 0 Å². The average molecular weight is 276 g/mol. The minimum absolute atomic E-state index is 0.256. The second-order valence-corrected chi connectivity index (χ2v) is 6.59. The molecular weight excluding hydrogens is 258 g/mol. The van der Waals surface area contributed by atoms with Crippen molar-refractivity contribution in [1.82, 2.24) is 4.72 Å². The maximum Gasteiger partial charge on any atom is 0.240 e. The second kappa shape index (κ2) is 6.38. The van der Waals surface area contributed by atoms with Crippen LogP contribution in [0.25, 0.3) is 0 Å². The molecule has 1 aromatic carbocycles. The van der Waals surface area contributed by atoms with Crippen molar-refractivity contribution >= 4 is 21.6 Å². The molecule has 0 aliphatic rings. The minimum Gasteiger partial charge on any atom is -0.211 e. The highest BCUT2D eigenvalue weighted by Gasteiger charge is 2.12. The van der Waals surface area contributed by atoms with Crippen LogP contribution in [0, 0.1) is 5.92 Å². The molecule has 5 heteroatoms. The van der Waals surface area contributed by atoms with E-state index in [4.69, 9.17) is 11.6 Å². The van der Waals surface area contributed by atoms with Crippen LogP contribution >= 0.6 is 11.6 Å². The summed E-state index contributed by atoms with van der Waals surface area (Å²) in [6, 6.07) is 6.16. The lowest BCUT2D eigenvalue weighted by molar-refractivity contribution is 0.540. The van der Waals surface area contributed by atoms with Gasteiger partial charge in [0.2, 0.25) is 10.0 Å². The van der Waals surface area contributed by atoms with Gasteiger partial charge in [0.25, 0.3) is 0 Å². The number of sulfonamides is 1. The van der Waals surface area contributed by atoms with Gasteiger partial charge in [0.1, 0.15) is 0 Å². The van der Waals surface area contributed by atoms with Gasteiger partial charge in [-0.05, 0) is 43.0 Å². The molecule has 1 aromatic rings. The summed E-state index contributed by atoms with van der Waals surface area (Å²) in [5.41, 5.74) is 0. The fourth-order valence-electron chi connectivity index (χ4n) is 1.41. The molecule has 0 heterocycles. The van der Waals surface area contributed by atoms with E-state index in [0.29, 0.717) is 17.5 Å². The third-order valence-corrected chi connectivity index (χ3v) is 4.10. The summed E-state index contributed by atoms with van der Waals surface area (Å²) in [5, 5.41) is 0.531. The summed E-state index contributed by atoms with van der Waals surface area (Å²) in [6.45, 7) is 4.71. The van der Waals surface area contributed by atoms with Crippen LogP contribution in [-0.4, -0.2) is 15.0 Å². The van der Waals surface area contributed by atoms with Gasteiger partial charge in [-0.15, -0.1) is 0 Å². The van der Waals surface area contributed by atoms with Crippen molar-refractivity contribution in [3.05, 3.63) is 29.3 Å². The minimum atomic E-state index is -3.38. The van der Waals surface area contributed by atoms with E-state index in [-0.39, 0.29) is 4.90 Å². The highest BCUT2D eigenvalue weighted by Crippen LogP contribution is 2.13.